The Kier molecular flexibility index (Phi) is 3.08. The number of anilines is 1. The van der Waals surface area contributed by atoms with Crippen LogP contribution in [-0.2, 0) is 20.5 Å². The molecule has 1 aliphatic heterocycles. The molecule has 2 aromatic carbocycles. The molecule has 7 heteroatoms. The molecule has 5 nitrogen and oxygen atoms in total. The third-order valence-corrected chi connectivity index (χ3v) is 4.75. The number of carbonyl (C=O) groups is 1. The fourth-order valence-electron chi connectivity index (χ4n) is 2.67. The first-order valence-electron chi connectivity index (χ1n) is 6.46. The van der Waals surface area contributed by atoms with E-state index in [0.717, 1.165) is 0 Å². The zero-order chi connectivity index (χ0) is 16.1. The third kappa shape index (κ3) is 1.93. The van der Waals surface area contributed by atoms with Crippen LogP contribution in [0.5, 0.6) is 0 Å². The SMILES string of the molecule is CN1C(=O)C(F)(c2ccc(S(N)(=O)=O)cc2)c2ccccc21. The monoisotopic (exact) mass is 320 g/mol. The highest BCUT2D eigenvalue weighted by molar-refractivity contribution is 7.89. The van der Waals surface area contributed by atoms with Crippen LogP contribution >= 0.6 is 0 Å². The molecule has 1 unspecified atom stereocenters. The van der Waals surface area contributed by atoms with Gasteiger partial charge in [0.05, 0.1) is 10.6 Å². The van der Waals surface area contributed by atoms with E-state index >= 15 is 4.39 Å². The Morgan fingerprint density at radius 3 is 2.27 bits per heavy atom. The van der Waals surface area contributed by atoms with Gasteiger partial charge in [0.1, 0.15) is 0 Å². The Morgan fingerprint density at radius 2 is 1.68 bits per heavy atom. The molecule has 22 heavy (non-hydrogen) atoms. The highest BCUT2D eigenvalue weighted by Gasteiger charge is 2.51. The number of benzene rings is 2. The first kappa shape index (κ1) is 14.7. The van der Waals surface area contributed by atoms with E-state index in [0.29, 0.717) is 5.69 Å². The number of nitrogens with zero attached hydrogens (tertiary/aromatic N) is 1. The lowest BCUT2D eigenvalue weighted by atomic mass is 9.89. The number of nitrogens with two attached hydrogens (primary N) is 1. The van der Waals surface area contributed by atoms with Gasteiger partial charge >= 0.3 is 0 Å². The van der Waals surface area contributed by atoms with Gasteiger partial charge in [-0.05, 0) is 18.2 Å². The number of hydrogen-bond donors (Lipinski definition) is 1. The van der Waals surface area contributed by atoms with Gasteiger partial charge in [-0.15, -0.1) is 0 Å². The second-order valence-electron chi connectivity index (χ2n) is 5.11. The van der Waals surface area contributed by atoms with Crippen LogP contribution in [-0.4, -0.2) is 21.4 Å². The average molecular weight is 320 g/mol. The van der Waals surface area contributed by atoms with Crippen LogP contribution in [0.25, 0.3) is 0 Å². The van der Waals surface area contributed by atoms with Gasteiger partial charge in [0, 0.05) is 18.2 Å². The molecule has 2 N–H and O–H groups in total. The maximum atomic E-state index is 15.5. The van der Waals surface area contributed by atoms with Gasteiger partial charge in [-0.1, -0.05) is 30.3 Å². The van der Waals surface area contributed by atoms with Crippen molar-refractivity contribution in [3.63, 3.8) is 0 Å². The van der Waals surface area contributed by atoms with E-state index in [4.69, 9.17) is 5.14 Å². The number of rotatable bonds is 2. The molecule has 0 spiro atoms. The molecule has 1 atom stereocenters. The molecule has 0 fully saturated rings. The fourth-order valence-corrected chi connectivity index (χ4v) is 3.18. The van der Waals surface area contributed by atoms with Gasteiger partial charge in [0.15, 0.2) is 0 Å². The molecule has 0 aromatic heterocycles. The molecule has 114 valence electrons. The first-order valence-corrected chi connectivity index (χ1v) is 8.01. The van der Waals surface area contributed by atoms with Crippen molar-refractivity contribution in [3.05, 3.63) is 59.7 Å². The van der Waals surface area contributed by atoms with Gasteiger partial charge in [-0.2, -0.15) is 0 Å². The maximum absolute atomic E-state index is 15.5. The molecule has 0 saturated heterocycles. The average Bonchev–Trinajstić information content (AvgIpc) is 2.70. The van der Waals surface area contributed by atoms with Crippen LogP contribution in [0.2, 0.25) is 0 Å². The number of sulfonamides is 1. The summed E-state index contributed by atoms with van der Waals surface area (Å²) in [6.07, 6.45) is 0. The summed E-state index contributed by atoms with van der Waals surface area (Å²) in [4.78, 5) is 13.5. The Balaban J connectivity index is 2.17. The number of alkyl halides is 1. The summed E-state index contributed by atoms with van der Waals surface area (Å²) in [5.41, 5.74) is -1.53. The van der Waals surface area contributed by atoms with E-state index in [-0.39, 0.29) is 16.0 Å². The van der Waals surface area contributed by atoms with E-state index in [2.05, 4.69) is 0 Å². The predicted molar refractivity (Wildman–Crippen MR) is 79.6 cm³/mol. The fraction of sp³-hybridized carbons (Fsp3) is 0.133. The summed E-state index contributed by atoms with van der Waals surface area (Å²) in [5, 5.41) is 5.02. The Labute approximate surface area is 127 Å². The lowest BCUT2D eigenvalue weighted by molar-refractivity contribution is -0.126. The summed E-state index contributed by atoms with van der Waals surface area (Å²) in [6, 6.07) is 11.5. The van der Waals surface area contributed by atoms with Crippen molar-refractivity contribution in [3.8, 4) is 0 Å². The van der Waals surface area contributed by atoms with Crippen LogP contribution in [0.15, 0.2) is 53.4 Å². The van der Waals surface area contributed by atoms with E-state index in [9.17, 15) is 13.2 Å². The summed E-state index contributed by atoms with van der Waals surface area (Å²) in [6.45, 7) is 0. The Bertz CT molecular complexity index is 865. The standard InChI is InChI=1S/C15H13FN2O3S/c1-18-13-5-3-2-4-12(13)15(16,14(18)19)10-6-8-11(9-7-10)22(17,20)21/h2-9H,1H3,(H2,17,20,21). The summed E-state index contributed by atoms with van der Waals surface area (Å²) in [5.74, 6) is -0.711. The lowest BCUT2D eigenvalue weighted by Gasteiger charge is -2.19. The molecule has 0 bridgehead atoms. The van der Waals surface area contributed by atoms with Gasteiger partial charge in [-0.25, -0.2) is 17.9 Å². The molecule has 1 aliphatic rings. The number of likely N-dealkylation sites (N-methyl/N-ethyl adjacent to an activating group) is 1. The van der Waals surface area contributed by atoms with Crippen molar-refractivity contribution in [2.75, 3.05) is 11.9 Å². The third-order valence-electron chi connectivity index (χ3n) is 3.82. The van der Waals surface area contributed by atoms with Gasteiger partial charge < -0.3 is 4.90 Å². The van der Waals surface area contributed by atoms with Gasteiger partial charge in [0.25, 0.3) is 5.91 Å². The van der Waals surface area contributed by atoms with Crippen LogP contribution < -0.4 is 10.0 Å². The Hall–Kier alpha value is -2.25. The summed E-state index contributed by atoms with van der Waals surface area (Å²) in [7, 11) is -2.36. The number of amides is 1. The molecule has 1 heterocycles. The number of para-hydroxylation sites is 1. The van der Waals surface area contributed by atoms with E-state index in [1.807, 2.05) is 0 Å². The minimum absolute atomic E-state index is 0.0710. The van der Waals surface area contributed by atoms with Crippen LogP contribution in [0, 0.1) is 0 Å². The highest BCUT2D eigenvalue weighted by Crippen LogP contribution is 2.46. The zero-order valence-corrected chi connectivity index (χ0v) is 12.5. The minimum Gasteiger partial charge on any atom is -0.312 e. The normalized spacial score (nSPS) is 21.0. The quantitative estimate of drug-likeness (QED) is 0.911. The first-order chi connectivity index (χ1) is 10.3. The van der Waals surface area contributed by atoms with Crippen LogP contribution in [0.3, 0.4) is 0 Å². The molecule has 0 radical (unpaired) electrons. The molecule has 3 rings (SSSR count). The number of hydrogen-bond acceptors (Lipinski definition) is 3. The van der Waals surface area contributed by atoms with E-state index in [1.165, 1.54) is 36.2 Å². The zero-order valence-electron chi connectivity index (χ0n) is 11.7. The topological polar surface area (TPSA) is 80.5 Å². The molecular formula is C15H13FN2O3S. The minimum atomic E-state index is -3.87. The van der Waals surface area contributed by atoms with Crippen molar-refractivity contribution in [1.29, 1.82) is 0 Å². The molecule has 0 saturated carbocycles. The number of halogens is 1. The number of carbonyl (C=O) groups excluding carboxylic acids is 1. The van der Waals surface area contributed by atoms with E-state index < -0.39 is 21.6 Å². The highest BCUT2D eigenvalue weighted by atomic mass is 32.2. The molecule has 2 aromatic rings. The second kappa shape index (κ2) is 4.62. The molecule has 1 amide bonds. The number of primary sulfonamides is 1. The molecule has 0 aliphatic carbocycles. The maximum Gasteiger partial charge on any atom is 0.273 e. The summed E-state index contributed by atoms with van der Waals surface area (Å²) >= 11 is 0. The van der Waals surface area contributed by atoms with Crippen molar-refractivity contribution in [2.45, 2.75) is 10.6 Å². The number of fused-ring (bicyclic) bond motifs is 1. The van der Waals surface area contributed by atoms with Crippen LogP contribution in [0.1, 0.15) is 11.1 Å². The van der Waals surface area contributed by atoms with Gasteiger partial charge in [-0.3, -0.25) is 4.79 Å². The Morgan fingerprint density at radius 1 is 1.09 bits per heavy atom. The lowest BCUT2D eigenvalue weighted by Crippen LogP contribution is -2.35. The second-order valence-corrected chi connectivity index (χ2v) is 6.67. The van der Waals surface area contributed by atoms with Crippen molar-refractivity contribution < 1.29 is 17.6 Å². The van der Waals surface area contributed by atoms with Gasteiger partial charge in [0.2, 0.25) is 15.7 Å². The summed E-state index contributed by atoms with van der Waals surface area (Å²) < 4.78 is 38.1. The van der Waals surface area contributed by atoms with Crippen molar-refractivity contribution in [2.24, 2.45) is 5.14 Å². The predicted octanol–water partition coefficient (Wildman–Crippen LogP) is 1.52. The molecular weight excluding hydrogens is 307 g/mol. The van der Waals surface area contributed by atoms with E-state index in [1.54, 1.807) is 24.3 Å². The van der Waals surface area contributed by atoms with Crippen molar-refractivity contribution >= 4 is 21.6 Å². The van der Waals surface area contributed by atoms with Crippen LogP contribution in [0.4, 0.5) is 10.1 Å². The van der Waals surface area contributed by atoms with Crippen molar-refractivity contribution in [1.82, 2.24) is 0 Å². The smallest absolute Gasteiger partial charge is 0.273 e. The largest absolute Gasteiger partial charge is 0.312 e.